The number of nitrogens with two attached hydrogens (primary N) is 1. The largest absolute Gasteiger partial charge is 0.351 e. The van der Waals surface area contributed by atoms with Crippen molar-refractivity contribution in [3.63, 3.8) is 0 Å². The first kappa shape index (κ1) is 8.92. The van der Waals surface area contributed by atoms with Gasteiger partial charge in [-0.15, -0.1) is 0 Å². The predicted octanol–water partition coefficient (Wildman–Crippen LogP) is 0.981. The Morgan fingerprint density at radius 3 is 3.08 bits per heavy atom. The van der Waals surface area contributed by atoms with Gasteiger partial charge in [0.2, 0.25) is 5.13 Å². The lowest BCUT2D eigenvalue weighted by atomic mass is 10.3. The Balaban J connectivity index is 2.58. The van der Waals surface area contributed by atoms with Crippen LogP contribution in [0.25, 0.3) is 0 Å². The van der Waals surface area contributed by atoms with Crippen molar-refractivity contribution < 1.29 is 4.79 Å². The second-order valence-corrected chi connectivity index (χ2v) is 3.01. The first-order chi connectivity index (χ1) is 5.72. The first-order valence-electron chi connectivity index (χ1n) is 3.61. The molecule has 0 aromatic carbocycles. The first-order valence-corrected chi connectivity index (χ1v) is 4.38. The smallest absolute Gasteiger partial charge is 0.318 e. The molecule has 1 heterocycles. The summed E-state index contributed by atoms with van der Waals surface area (Å²) < 4.78 is 4.02. The summed E-state index contributed by atoms with van der Waals surface area (Å²) in [7, 11) is 0. The quantitative estimate of drug-likeness (QED) is 0.738. The maximum Gasteiger partial charge on any atom is 0.318 e. The predicted molar refractivity (Wildman–Crippen MR) is 47.1 cm³/mol. The van der Waals surface area contributed by atoms with Crippen molar-refractivity contribution in [3.05, 3.63) is 5.82 Å². The molecule has 1 rings (SSSR count). The van der Waals surface area contributed by atoms with Crippen LogP contribution in [0.4, 0.5) is 9.93 Å². The standard InChI is InChI=1S/C6H10N4OS/c1-2-3-4-8-6(12-10-4)9-5(7)11/h2-3H2,1H3,(H3,7,8,9,10,11). The number of carbonyl (C=O) groups excluding carboxylic acids is 1. The Morgan fingerprint density at radius 2 is 2.50 bits per heavy atom. The normalized spacial score (nSPS) is 9.75. The molecule has 0 aliphatic rings. The summed E-state index contributed by atoms with van der Waals surface area (Å²) in [6, 6.07) is -0.603. The molecule has 0 saturated carbocycles. The second-order valence-electron chi connectivity index (χ2n) is 2.26. The van der Waals surface area contributed by atoms with Crippen LogP contribution in [0.5, 0.6) is 0 Å². The van der Waals surface area contributed by atoms with E-state index in [1.807, 2.05) is 6.92 Å². The van der Waals surface area contributed by atoms with Crippen LogP contribution < -0.4 is 11.1 Å². The molecule has 6 heteroatoms. The summed E-state index contributed by atoms with van der Waals surface area (Å²) in [5, 5.41) is 2.83. The maximum atomic E-state index is 10.4. The van der Waals surface area contributed by atoms with Gasteiger partial charge in [0.05, 0.1) is 0 Å². The summed E-state index contributed by atoms with van der Waals surface area (Å²) in [4.78, 5) is 14.4. The molecule has 1 aromatic rings. The van der Waals surface area contributed by atoms with Gasteiger partial charge in [0.25, 0.3) is 0 Å². The molecule has 0 spiro atoms. The maximum absolute atomic E-state index is 10.4. The van der Waals surface area contributed by atoms with E-state index >= 15 is 0 Å². The highest BCUT2D eigenvalue weighted by Gasteiger charge is 2.03. The Kier molecular flexibility index (Phi) is 2.98. The molecule has 0 radical (unpaired) electrons. The van der Waals surface area contributed by atoms with E-state index in [0.717, 1.165) is 30.2 Å². The lowest BCUT2D eigenvalue weighted by Crippen LogP contribution is -2.19. The zero-order chi connectivity index (χ0) is 8.97. The van der Waals surface area contributed by atoms with Crippen molar-refractivity contribution in [1.82, 2.24) is 9.36 Å². The van der Waals surface area contributed by atoms with Crippen molar-refractivity contribution in [3.8, 4) is 0 Å². The molecular formula is C6H10N4OS. The number of carbonyl (C=O) groups is 1. The number of nitrogens with one attached hydrogen (secondary N) is 1. The highest BCUT2D eigenvalue weighted by atomic mass is 32.1. The van der Waals surface area contributed by atoms with Crippen LogP contribution in [0.1, 0.15) is 19.2 Å². The topological polar surface area (TPSA) is 80.9 Å². The lowest BCUT2D eigenvalue weighted by Gasteiger charge is -1.91. The van der Waals surface area contributed by atoms with Crippen LogP contribution in [0.3, 0.4) is 0 Å². The number of rotatable bonds is 3. The third kappa shape index (κ3) is 2.46. The number of primary amides is 1. The van der Waals surface area contributed by atoms with Crippen molar-refractivity contribution in [2.45, 2.75) is 19.8 Å². The summed E-state index contributed by atoms with van der Waals surface area (Å²) in [6.07, 6.45) is 1.82. The van der Waals surface area contributed by atoms with Gasteiger partial charge in [-0.05, 0) is 6.42 Å². The minimum Gasteiger partial charge on any atom is -0.351 e. The molecule has 0 bridgehead atoms. The van der Waals surface area contributed by atoms with E-state index in [4.69, 9.17) is 5.73 Å². The number of nitrogens with zero attached hydrogens (tertiary/aromatic N) is 2. The van der Waals surface area contributed by atoms with Gasteiger partial charge in [0.1, 0.15) is 5.82 Å². The Labute approximate surface area is 74.2 Å². The molecule has 0 unspecified atom stereocenters. The fourth-order valence-electron chi connectivity index (χ4n) is 0.735. The monoisotopic (exact) mass is 186 g/mol. The van der Waals surface area contributed by atoms with Crippen LogP contribution >= 0.6 is 11.5 Å². The van der Waals surface area contributed by atoms with E-state index < -0.39 is 6.03 Å². The van der Waals surface area contributed by atoms with Gasteiger partial charge in [0.15, 0.2) is 0 Å². The van der Waals surface area contributed by atoms with Gasteiger partial charge in [-0.25, -0.2) is 9.78 Å². The summed E-state index contributed by atoms with van der Waals surface area (Å²) in [6.45, 7) is 2.04. The van der Waals surface area contributed by atoms with Crippen molar-refractivity contribution in [2.24, 2.45) is 5.73 Å². The number of amides is 2. The van der Waals surface area contributed by atoms with E-state index in [9.17, 15) is 4.79 Å². The van der Waals surface area contributed by atoms with Crippen molar-refractivity contribution >= 4 is 22.7 Å². The van der Waals surface area contributed by atoms with E-state index in [0.29, 0.717) is 5.13 Å². The summed E-state index contributed by atoms with van der Waals surface area (Å²) >= 11 is 1.14. The second kappa shape index (κ2) is 4.01. The molecule has 66 valence electrons. The minimum absolute atomic E-state index is 0.464. The molecule has 0 atom stereocenters. The van der Waals surface area contributed by atoms with Crippen LogP contribution in [-0.2, 0) is 6.42 Å². The lowest BCUT2D eigenvalue weighted by molar-refractivity contribution is 0.259. The molecule has 3 N–H and O–H groups in total. The number of urea groups is 1. The molecule has 5 nitrogen and oxygen atoms in total. The minimum atomic E-state index is -0.603. The number of anilines is 1. The average molecular weight is 186 g/mol. The molecular weight excluding hydrogens is 176 g/mol. The summed E-state index contributed by atoms with van der Waals surface area (Å²) in [5.74, 6) is 0.756. The van der Waals surface area contributed by atoms with Crippen molar-refractivity contribution in [1.29, 1.82) is 0 Å². The van der Waals surface area contributed by atoms with Crippen molar-refractivity contribution in [2.75, 3.05) is 5.32 Å². The van der Waals surface area contributed by atoms with Gasteiger partial charge in [-0.3, -0.25) is 5.32 Å². The van der Waals surface area contributed by atoms with Crippen LogP contribution in [0, 0.1) is 0 Å². The van der Waals surface area contributed by atoms with Crippen LogP contribution in [-0.4, -0.2) is 15.4 Å². The molecule has 0 aliphatic carbocycles. The fourth-order valence-corrected chi connectivity index (χ4v) is 1.35. The molecule has 1 aromatic heterocycles. The molecule has 12 heavy (non-hydrogen) atoms. The average Bonchev–Trinajstić information content (AvgIpc) is 2.36. The van der Waals surface area contributed by atoms with Crippen LogP contribution in [0.2, 0.25) is 0 Å². The molecule has 0 aliphatic heterocycles. The van der Waals surface area contributed by atoms with Gasteiger partial charge < -0.3 is 5.73 Å². The van der Waals surface area contributed by atoms with Gasteiger partial charge in [-0.2, -0.15) is 4.37 Å². The third-order valence-electron chi connectivity index (χ3n) is 1.17. The van der Waals surface area contributed by atoms with E-state index in [-0.39, 0.29) is 0 Å². The fraction of sp³-hybridized carbons (Fsp3) is 0.500. The highest BCUT2D eigenvalue weighted by Crippen LogP contribution is 2.11. The number of aromatic nitrogens is 2. The van der Waals surface area contributed by atoms with E-state index in [2.05, 4.69) is 14.7 Å². The Morgan fingerprint density at radius 1 is 1.75 bits per heavy atom. The van der Waals surface area contributed by atoms with E-state index in [1.54, 1.807) is 0 Å². The van der Waals surface area contributed by atoms with E-state index in [1.165, 1.54) is 0 Å². The zero-order valence-corrected chi connectivity index (χ0v) is 7.52. The molecule has 0 saturated heterocycles. The van der Waals surface area contributed by atoms with Gasteiger partial charge in [0, 0.05) is 18.0 Å². The number of hydrogen-bond acceptors (Lipinski definition) is 4. The van der Waals surface area contributed by atoms with Gasteiger partial charge >= 0.3 is 6.03 Å². The summed E-state index contributed by atoms with van der Waals surface area (Å²) in [5.41, 5.74) is 4.90. The number of aryl methyl sites for hydroxylation is 1. The zero-order valence-electron chi connectivity index (χ0n) is 6.70. The van der Waals surface area contributed by atoms with Gasteiger partial charge in [-0.1, -0.05) is 6.92 Å². The Bertz CT molecular complexity index is 272. The third-order valence-corrected chi connectivity index (χ3v) is 1.84. The number of hydrogen-bond donors (Lipinski definition) is 2. The highest BCUT2D eigenvalue weighted by molar-refractivity contribution is 7.09. The molecule has 0 fully saturated rings. The Hall–Kier alpha value is -1.17. The van der Waals surface area contributed by atoms with Crippen LogP contribution in [0.15, 0.2) is 0 Å². The molecule has 2 amide bonds. The SMILES string of the molecule is CCCc1nsc(NC(N)=O)n1.